The van der Waals surface area contributed by atoms with Gasteiger partial charge in [0.2, 0.25) is 0 Å². The first-order valence-corrected chi connectivity index (χ1v) is 6.40. The van der Waals surface area contributed by atoms with E-state index in [1.54, 1.807) is 32.0 Å². The van der Waals surface area contributed by atoms with Crippen LogP contribution >= 0.6 is 28.1 Å². The van der Waals surface area contributed by atoms with Gasteiger partial charge in [0.1, 0.15) is 17.3 Å². The molecule has 0 bridgehead atoms. The Balaban J connectivity index is 2.92. The van der Waals surface area contributed by atoms with E-state index >= 15 is 0 Å². The monoisotopic (exact) mass is 331 g/mol. The smallest absolute Gasteiger partial charge is 0.312 e. The van der Waals surface area contributed by atoms with E-state index in [0.29, 0.717) is 11.3 Å². The van der Waals surface area contributed by atoms with Gasteiger partial charge in [0.25, 0.3) is 0 Å². The summed E-state index contributed by atoms with van der Waals surface area (Å²) in [6, 6.07) is 5.23. The average Bonchev–Trinajstić information content (AvgIpc) is 2.27. The van der Waals surface area contributed by atoms with Crippen molar-refractivity contribution in [1.29, 1.82) is 0 Å². The molecule has 0 unspecified atom stereocenters. The standard InChI is InChI=1S/C12H14BrNO3S/c1-12(2,11(15)16)6-17-9-4-3-7(13)5-8(9)10(14)18/h3-5H,6H2,1-2H3,(H2,14,18)(H,15,16). The molecule has 0 fully saturated rings. The van der Waals surface area contributed by atoms with Crippen LogP contribution in [0.2, 0.25) is 0 Å². The molecule has 0 aliphatic heterocycles. The van der Waals surface area contributed by atoms with E-state index in [1.807, 2.05) is 0 Å². The minimum Gasteiger partial charge on any atom is -0.492 e. The van der Waals surface area contributed by atoms with E-state index in [-0.39, 0.29) is 11.6 Å². The van der Waals surface area contributed by atoms with Crippen LogP contribution in [0.1, 0.15) is 19.4 Å². The van der Waals surface area contributed by atoms with Crippen molar-refractivity contribution in [1.82, 2.24) is 0 Å². The number of carbonyl (C=O) groups is 1. The number of hydrogen-bond acceptors (Lipinski definition) is 3. The van der Waals surface area contributed by atoms with Gasteiger partial charge in [-0.15, -0.1) is 0 Å². The molecule has 0 radical (unpaired) electrons. The van der Waals surface area contributed by atoms with Gasteiger partial charge in [0.15, 0.2) is 0 Å². The van der Waals surface area contributed by atoms with Crippen molar-refractivity contribution in [2.75, 3.05) is 6.61 Å². The van der Waals surface area contributed by atoms with Crippen LogP contribution in [0.5, 0.6) is 5.75 Å². The number of halogens is 1. The number of carboxylic acid groups (broad SMARTS) is 1. The van der Waals surface area contributed by atoms with Gasteiger partial charge in [0, 0.05) is 4.47 Å². The molecule has 6 heteroatoms. The van der Waals surface area contributed by atoms with E-state index in [4.69, 9.17) is 27.8 Å². The Bertz CT molecular complexity index is 488. The number of thiocarbonyl (C=S) groups is 1. The van der Waals surface area contributed by atoms with Gasteiger partial charge in [-0.1, -0.05) is 28.1 Å². The summed E-state index contributed by atoms with van der Waals surface area (Å²) in [7, 11) is 0. The predicted molar refractivity (Wildman–Crippen MR) is 76.9 cm³/mol. The number of nitrogens with two attached hydrogens (primary N) is 1. The molecule has 0 aliphatic rings. The highest BCUT2D eigenvalue weighted by Gasteiger charge is 2.28. The van der Waals surface area contributed by atoms with Crippen LogP contribution < -0.4 is 10.5 Å². The van der Waals surface area contributed by atoms with Crippen molar-refractivity contribution in [3.8, 4) is 5.75 Å². The Morgan fingerprint density at radius 3 is 2.67 bits per heavy atom. The number of aliphatic carboxylic acids is 1. The topological polar surface area (TPSA) is 72.5 Å². The van der Waals surface area contributed by atoms with E-state index in [2.05, 4.69) is 15.9 Å². The van der Waals surface area contributed by atoms with Crippen LogP contribution in [-0.4, -0.2) is 22.7 Å². The summed E-state index contributed by atoms with van der Waals surface area (Å²) in [6.45, 7) is 3.23. The third kappa shape index (κ3) is 3.68. The third-order valence-corrected chi connectivity index (χ3v) is 3.09. The molecule has 18 heavy (non-hydrogen) atoms. The van der Waals surface area contributed by atoms with Crippen molar-refractivity contribution in [3.63, 3.8) is 0 Å². The summed E-state index contributed by atoms with van der Waals surface area (Å²) < 4.78 is 6.34. The van der Waals surface area contributed by atoms with Crippen LogP contribution in [0.4, 0.5) is 0 Å². The lowest BCUT2D eigenvalue weighted by Gasteiger charge is -2.20. The van der Waals surface area contributed by atoms with E-state index in [1.165, 1.54) is 0 Å². The molecule has 0 amide bonds. The van der Waals surface area contributed by atoms with Gasteiger partial charge in [-0.05, 0) is 32.0 Å². The van der Waals surface area contributed by atoms with Gasteiger partial charge in [-0.2, -0.15) is 0 Å². The minimum absolute atomic E-state index is 0.0412. The summed E-state index contributed by atoms with van der Waals surface area (Å²) in [5, 5.41) is 9.00. The van der Waals surface area contributed by atoms with Crippen molar-refractivity contribution in [3.05, 3.63) is 28.2 Å². The maximum Gasteiger partial charge on any atom is 0.312 e. The summed E-state index contributed by atoms with van der Waals surface area (Å²) >= 11 is 8.24. The summed E-state index contributed by atoms with van der Waals surface area (Å²) in [5.41, 5.74) is 5.21. The molecule has 0 heterocycles. The predicted octanol–water partition coefficient (Wildman–Crippen LogP) is 2.57. The molecule has 1 rings (SSSR count). The maximum absolute atomic E-state index is 11.0. The Hall–Kier alpha value is -1.14. The largest absolute Gasteiger partial charge is 0.492 e. The number of carboxylic acids is 1. The van der Waals surface area contributed by atoms with Crippen LogP contribution in [-0.2, 0) is 4.79 Å². The molecule has 3 N–H and O–H groups in total. The molecule has 0 atom stereocenters. The van der Waals surface area contributed by atoms with Crippen molar-refractivity contribution >= 4 is 39.1 Å². The average molecular weight is 332 g/mol. The Labute approximate surface area is 119 Å². The van der Waals surface area contributed by atoms with E-state index < -0.39 is 11.4 Å². The lowest BCUT2D eigenvalue weighted by atomic mass is 9.95. The van der Waals surface area contributed by atoms with Gasteiger partial charge in [0.05, 0.1) is 11.0 Å². The third-order valence-electron chi connectivity index (χ3n) is 2.37. The highest BCUT2D eigenvalue weighted by atomic mass is 79.9. The van der Waals surface area contributed by atoms with E-state index in [9.17, 15) is 4.79 Å². The molecule has 0 aliphatic carbocycles. The van der Waals surface area contributed by atoms with Crippen LogP contribution in [0.3, 0.4) is 0 Å². The molecule has 1 aromatic rings. The van der Waals surface area contributed by atoms with Gasteiger partial charge >= 0.3 is 5.97 Å². The zero-order chi connectivity index (χ0) is 13.9. The highest BCUT2D eigenvalue weighted by Crippen LogP contribution is 2.25. The zero-order valence-corrected chi connectivity index (χ0v) is 12.5. The molecule has 4 nitrogen and oxygen atoms in total. The molecule has 0 aromatic heterocycles. The molecular formula is C12H14BrNO3S. The molecule has 0 spiro atoms. The first kappa shape index (κ1) is 14.9. The molecule has 1 aromatic carbocycles. The number of ether oxygens (including phenoxy) is 1. The van der Waals surface area contributed by atoms with Gasteiger partial charge in [-0.25, -0.2) is 0 Å². The van der Waals surface area contributed by atoms with Crippen molar-refractivity contribution in [2.45, 2.75) is 13.8 Å². The Kier molecular flexibility index (Phi) is 4.70. The maximum atomic E-state index is 11.0. The second-order valence-corrected chi connectivity index (χ2v) is 5.84. The Morgan fingerprint density at radius 1 is 1.56 bits per heavy atom. The van der Waals surface area contributed by atoms with Crippen LogP contribution in [0.15, 0.2) is 22.7 Å². The van der Waals surface area contributed by atoms with Gasteiger partial charge < -0.3 is 15.6 Å². The second kappa shape index (κ2) is 5.67. The molecular weight excluding hydrogens is 318 g/mol. The fraction of sp³-hybridized carbons (Fsp3) is 0.333. The highest BCUT2D eigenvalue weighted by molar-refractivity contribution is 9.10. The van der Waals surface area contributed by atoms with Crippen LogP contribution in [0.25, 0.3) is 0 Å². The number of hydrogen-bond donors (Lipinski definition) is 2. The Morgan fingerprint density at radius 2 is 2.17 bits per heavy atom. The number of benzene rings is 1. The second-order valence-electron chi connectivity index (χ2n) is 4.48. The summed E-state index contributed by atoms with van der Waals surface area (Å²) in [5.74, 6) is -0.434. The van der Waals surface area contributed by atoms with Crippen LogP contribution in [0, 0.1) is 5.41 Å². The lowest BCUT2D eigenvalue weighted by Crippen LogP contribution is -2.31. The quantitative estimate of drug-likeness (QED) is 0.811. The first-order chi connectivity index (χ1) is 8.24. The SMILES string of the molecule is CC(C)(COc1ccc(Br)cc1C(N)=S)C(=O)O. The summed E-state index contributed by atoms with van der Waals surface area (Å²) in [6.07, 6.45) is 0. The minimum atomic E-state index is -0.972. The zero-order valence-electron chi connectivity index (χ0n) is 10.1. The fourth-order valence-corrected chi connectivity index (χ4v) is 1.66. The van der Waals surface area contributed by atoms with E-state index in [0.717, 1.165) is 4.47 Å². The molecule has 98 valence electrons. The van der Waals surface area contributed by atoms with Crippen molar-refractivity contribution in [2.24, 2.45) is 11.1 Å². The lowest BCUT2D eigenvalue weighted by molar-refractivity contribution is -0.148. The molecule has 0 saturated carbocycles. The summed E-state index contributed by atoms with van der Waals surface area (Å²) in [4.78, 5) is 11.2. The molecule has 0 saturated heterocycles. The first-order valence-electron chi connectivity index (χ1n) is 5.19. The fourth-order valence-electron chi connectivity index (χ4n) is 1.14. The van der Waals surface area contributed by atoms with Gasteiger partial charge in [-0.3, -0.25) is 4.79 Å². The van der Waals surface area contributed by atoms with Crippen molar-refractivity contribution < 1.29 is 14.6 Å². The normalized spacial score (nSPS) is 11.1. The number of rotatable bonds is 5.